The van der Waals surface area contributed by atoms with E-state index in [1.165, 1.54) is 0 Å². The van der Waals surface area contributed by atoms with Gasteiger partial charge in [0.15, 0.2) is 10.9 Å². The minimum Gasteiger partial charge on any atom is -0.311 e. The number of hydrogen-bond acceptors (Lipinski definition) is 4. The van der Waals surface area contributed by atoms with Crippen molar-refractivity contribution in [2.75, 3.05) is 17.2 Å². The molecule has 1 amide bonds. The Labute approximate surface area is 138 Å². The molecule has 1 aromatic heterocycles. The molecule has 9 heteroatoms. The fraction of sp³-hybridized carbons (Fsp3) is 0.267. The number of benzene rings is 1. The quantitative estimate of drug-likeness (QED) is 0.679. The molecular formula is C15H12F3N3O2S. The zero-order valence-electron chi connectivity index (χ0n) is 12.3. The number of carbonyl (C=O) groups excluding carboxylic acids is 1. The number of aromatic amines is 1. The van der Waals surface area contributed by atoms with Crippen LogP contribution in [0.5, 0.6) is 0 Å². The van der Waals surface area contributed by atoms with Crippen LogP contribution in [0.4, 0.5) is 18.9 Å². The van der Waals surface area contributed by atoms with Crippen LogP contribution in [-0.4, -0.2) is 28.2 Å². The predicted molar refractivity (Wildman–Crippen MR) is 83.1 cm³/mol. The van der Waals surface area contributed by atoms with Crippen molar-refractivity contribution in [1.29, 1.82) is 0 Å². The molecule has 0 bridgehead atoms. The molecule has 0 atom stereocenters. The summed E-state index contributed by atoms with van der Waals surface area (Å²) in [5.41, 5.74) is -0.304. The molecule has 0 fully saturated rings. The first-order valence-electron chi connectivity index (χ1n) is 7.04. The third-order valence-electron chi connectivity index (χ3n) is 3.53. The fourth-order valence-electron chi connectivity index (χ4n) is 2.45. The normalized spacial score (nSPS) is 13.9. The summed E-state index contributed by atoms with van der Waals surface area (Å²) in [4.78, 5) is 30.8. The zero-order chi connectivity index (χ0) is 17.3. The molecule has 2 aromatic rings. The number of halogens is 3. The molecule has 24 heavy (non-hydrogen) atoms. The third kappa shape index (κ3) is 3.45. The number of nitrogens with zero attached hydrogens (tertiary/aromatic N) is 2. The Hall–Kier alpha value is -2.29. The van der Waals surface area contributed by atoms with Gasteiger partial charge in [-0.15, -0.1) is 0 Å². The van der Waals surface area contributed by atoms with Gasteiger partial charge in [0.1, 0.15) is 0 Å². The summed E-state index contributed by atoms with van der Waals surface area (Å²) < 4.78 is 38.0. The Kier molecular flexibility index (Phi) is 4.35. The second-order valence-corrected chi connectivity index (χ2v) is 6.11. The van der Waals surface area contributed by atoms with Gasteiger partial charge in [0.05, 0.1) is 5.75 Å². The van der Waals surface area contributed by atoms with Crippen molar-refractivity contribution in [1.82, 2.24) is 9.97 Å². The number of amides is 1. The molecule has 1 aromatic carbocycles. The highest BCUT2D eigenvalue weighted by molar-refractivity contribution is 7.99. The van der Waals surface area contributed by atoms with E-state index in [-0.39, 0.29) is 16.8 Å². The zero-order valence-corrected chi connectivity index (χ0v) is 13.1. The van der Waals surface area contributed by atoms with Gasteiger partial charge in [0.25, 0.3) is 5.56 Å². The number of aromatic nitrogens is 2. The van der Waals surface area contributed by atoms with Crippen molar-refractivity contribution in [2.45, 2.75) is 17.8 Å². The van der Waals surface area contributed by atoms with Crippen molar-refractivity contribution in [3.05, 3.63) is 51.9 Å². The lowest BCUT2D eigenvalue weighted by Gasteiger charge is -2.16. The molecule has 0 unspecified atom stereocenters. The number of carbonyl (C=O) groups is 1. The molecule has 126 valence electrons. The summed E-state index contributed by atoms with van der Waals surface area (Å²) in [5, 5.41) is -0.226. The Morgan fingerprint density at radius 1 is 1.33 bits per heavy atom. The Bertz CT molecular complexity index is 835. The Balaban J connectivity index is 1.72. The second kappa shape index (κ2) is 6.31. The summed E-state index contributed by atoms with van der Waals surface area (Å²) in [6, 6.07) is 7.86. The van der Waals surface area contributed by atoms with Crippen LogP contribution in [0.3, 0.4) is 0 Å². The topological polar surface area (TPSA) is 66.1 Å². The molecule has 3 rings (SSSR count). The molecule has 0 saturated heterocycles. The number of para-hydroxylation sites is 1. The average Bonchev–Trinajstić information content (AvgIpc) is 2.95. The fourth-order valence-corrected chi connectivity index (χ4v) is 3.21. The van der Waals surface area contributed by atoms with Gasteiger partial charge < -0.3 is 9.88 Å². The number of fused-ring (bicyclic) bond motifs is 1. The highest BCUT2D eigenvalue weighted by atomic mass is 32.2. The smallest absolute Gasteiger partial charge is 0.311 e. The molecule has 0 saturated carbocycles. The van der Waals surface area contributed by atoms with E-state index in [1.54, 1.807) is 4.90 Å². The van der Waals surface area contributed by atoms with Gasteiger partial charge in [0, 0.05) is 18.3 Å². The lowest BCUT2D eigenvalue weighted by molar-refractivity contribution is -0.141. The van der Waals surface area contributed by atoms with Crippen LogP contribution in [0.15, 0.2) is 40.3 Å². The largest absolute Gasteiger partial charge is 0.433 e. The molecule has 0 radical (unpaired) electrons. The van der Waals surface area contributed by atoms with Gasteiger partial charge >= 0.3 is 6.18 Å². The average molecular weight is 355 g/mol. The number of rotatable bonds is 3. The first-order chi connectivity index (χ1) is 11.3. The van der Waals surface area contributed by atoms with E-state index in [0.29, 0.717) is 12.6 Å². The third-order valence-corrected chi connectivity index (χ3v) is 4.39. The van der Waals surface area contributed by atoms with Crippen LogP contribution in [0.1, 0.15) is 11.3 Å². The summed E-state index contributed by atoms with van der Waals surface area (Å²) in [5.74, 6) is -0.358. The number of anilines is 1. The molecule has 0 aliphatic carbocycles. The lowest BCUT2D eigenvalue weighted by Crippen LogP contribution is -2.30. The van der Waals surface area contributed by atoms with Crippen molar-refractivity contribution in [3.63, 3.8) is 0 Å². The summed E-state index contributed by atoms with van der Waals surface area (Å²) in [6.45, 7) is 0.533. The van der Waals surface area contributed by atoms with E-state index in [4.69, 9.17) is 0 Å². The van der Waals surface area contributed by atoms with Crippen molar-refractivity contribution in [3.8, 4) is 0 Å². The number of alkyl halides is 3. The lowest BCUT2D eigenvalue weighted by atomic mass is 10.2. The molecule has 2 heterocycles. The SMILES string of the molecule is O=C(CSc1nc(C(F)(F)F)cc(=O)[nH]1)N1CCc2ccccc21. The number of thioether (sulfide) groups is 1. The van der Waals surface area contributed by atoms with Crippen molar-refractivity contribution in [2.24, 2.45) is 0 Å². The van der Waals surface area contributed by atoms with Gasteiger partial charge in [-0.3, -0.25) is 9.59 Å². The summed E-state index contributed by atoms with van der Waals surface area (Å²) in [7, 11) is 0. The maximum atomic E-state index is 12.7. The van der Waals surface area contributed by atoms with E-state index >= 15 is 0 Å². The van der Waals surface area contributed by atoms with E-state index in [1.807, 2.05) is 24.3 Å². The predicted octanol–water partition coefficient (Wildman–Crippen LogP) is 2.47. The number of nitrogens with one attached hydrogen (secondary N) is 1. The Morgan fingerprint density at radius 2 is 2.08 bits per heavy atom. The monoisotopic (exact) mass is 355 g/mol. The van der Waals surface area contributed by atoms with Gasteiger partial charge in [0.2, 0.25) is 5.91 Å². The van der Waals surface area contributed by atoms with Gasteiger partial charge in [-0.1, -0.05) is 30.0 Å². The van der Waals surface area contributed by atoms with E-state index in [2.05, 4.69) is 9.97 Å². The van der Waals surface area contributed by atoms with Crippen LogP contribution in [0.2, 0.25) is 0 Å². The maximum Gasteiger partial charge on any atom is 0.433 e. The minimum atomic E-state index is -4.71. The van der Waals surface area contributed by atoms with Crippen LogP contribution in [-0.2, 0) is 17.4 Å². The van der Waals surface area contributed by atoms with E-state index in [0.717, 1.165) is 29.4 Å². The highest BCUT2D eigenvalue weighted by Gasteiger charge is 2.33. The summed E-state index contributed by atoms with van der Waals surface area (Å²) >= 11 is 0.777. The minimum absolute atomic E-state index is 0.113. The van der Waals surface area contributed by atoms with Gasteiger partial charge in [-0.05, 0) is 18.1 Å². The molecule has 1 aliphatic rings. The standard InChI is InChI=1S/C15H12F3N3O2S/c16-15(17,18)11-7-12(22)20-14(19-11)24-8-13(23)21-6-5-9-3-1-2-4-10(9)21/h1-4,7H,5-6,8H2,(H,19,20,22). The van der Waals surface area contributed by atoms with Gasteiger partial charge in [-0.25, -0.2) is 4.98 Å². The van der Waals surface area contributed by atoms with Gasteiger partial charge in [-0.2, -0.15) is 13.2 Å². The van der Waals surface area contributed by atoms with Crippen LogP contribution in [0, 0.1) is 0 Å². The molecule has 0 spiro atoms. The summed E-state index contributed by atoms with van der Waals surface area (Å²) in [6.07, 6.45) is -3.97. The number of H-pyrrole nitrogens is 1. The van der Waals surface area contributed by atoms with Crippen LogP contribution >= 0.6 is 11.8 Å². The molecule has 1 aliphatic heterocycles. The van der Waals surface area contributed by atoms with E-state index < -0.39 is 17.4 Å². The van der Waals surface area contributed by atoms with Crippen LogP contribution < -0.4 is 10.5 Å². The van der Waals surface area contributed by atoms with Crippen molar-refractivity contribution < 1.29 is 18.0 Å². The number of hydrogen-bond donors (Lipinski definition) is 1. The van der Waals surface area contributed by atoms with Crippen LogP contribution in [0.25, 0.3) is 0 Å². The first-order valence-corrected chi connectivity index (χ1v) is 8.03. The Morgan fingerprint density at radius 3 is 2.83 bits per heavy atom. The highest BCUT2D eigenvalue weighted by Crippen LogP contribution is 2.29. The second-order valence-electron chi connectivity index (χ2n) is 5.15. The molecular weight excluding hydrogens is 343 g/mol. The molecule has 1 N–H and O–H groups in total. The van der Waals surface area contributed by atoms with E-state index in [9.17, 15) is 22.8 Å². The molecule has 5 nitrogen and oxygen atoms in total. The van der Waals surface area contributed by atoms with Crippen molar-refractivity contribution >= 4 is 23.4 Å². The maximum absolute atomic E-state index is 12.7. The first kappa shape index (κ1) is 16.6.